The number of nitrogens with one attached hydrogen (secondary N) is 2. The third-order valence-corrected chi connectivity index (χ3v) is 5.82. The second-order valence-corrected chi connectivity index (χ2v) is 8.08. The summed E-state index contributed by atoms with van der Waals surface area (Å²) < 4.78 is 7.16. The Morgan fingerprint density at radius 1 is 1.32 bits per heavy atom. The van der Waals surface area contributed by atoms with Crippen LogP contribution in [0, 0.1) is 0 Å². The summed E-state index contributed by atoms with van der Waals surface area (Å²) in [5, 5.41) is 11.5. The summed E-state index contributed by atoms with van der Waals surface area (Å²) in [5.74, 6) is 2.68. The van der Waals surface area contributed by atoms with Crippen LogP contribution in [-0.4, -0.2) is 59.6 Å². The van der Waals surface area contributed by atoms with E-state index in [9.17, 15) is 0 Å². The number of halogens is 1. The lowest BCUT2D eigenvalue weighted by Crippen LogP contribution is -2.47. The van der Waals surface area contributed by atoms with E-state index in [4.69, 9.17) is 9.73 Å². The highest BCUT2D eigenvalue weighted by molar-refractivity contribution is 14.0. The first-order valence-corrected chi connectivity index (χ1v) is 11.0. The van der Waals surface area contributed by atoms with Crippen LogP contribution in [0.15, 0.2) is 29.3 Å². The van der Waals surface area contributed by atoms with Crippen molar-refractivity contribution >= 4 is 35.6 Å². The van der Waals surface area contributed by atoms with Crippen LogP contribution in [0.25, 0.3) is 0 Å². The van der Waals surface area contributed by atoms with Gasteiger partial charge in [0.15, 0.2) is 11.8 Å². The van der Waals surface area contributed by atoms with Crippen LogP contribution in [-0.2, 0) is 30.7 Å². The Bertz CT molecular complexity index is 884. The molecule has 1 aromatic heterocycles. The minimum atomic E-state index is 0. The summed E-state index contributed by atoms with van der Waals surface area (Å²) in [6, 6.07) is 9.53. The van der Waals surface area contributed by atoms with Crippen molar-refractivity contribution in [2.45, 2.75) is 58.3 Å². The van der Waals surface area contributed by atoms with E-state index < -0.39 is 0 Å². The van der Waals surface area contributed by atoms with Crippen molar-refractivity contribution in [2.24, 2.45) is 4.99 Å². The zero-order valence-electron chi connectivity index (χ0n) is 18.7. The second kappa shape index (κ2) is 11.1. The lowest BCUT2D eigenvalue weighted by atomic mass is 10.1. The number of hydrogen-bond acceptors (Lipinski definition) is 5. The lowest BCUT2D eigenvalue weighted by Gasteiger charge is -2.26. The number of aryl methyl sites for hydroxylation is 1. The van der Waals surface area contributed by atoms with Crippen LogP contribution in [0.3, 0.4) is 0 Å². The molecular formula is C22H34IN7O. The number of aliphatic imine (C=N–C) groups is 1. The fraction of sp³-hybridized carbons (Fsp3) is 0.591. The van der Waals surface area contributed by atoms with Crippen LogP contribution in [0.2, 0.25) is 0 Å². The molecule has 0 saturated heterocycles. The number of anilines is 1. The third-order valence-electron chi connectivity index (χ3n) is 5.82. The Morgan fingerprint density at radius 3 is 2.97 bits per heavy atom. The van der Waals surface area contributed by atoms with Gasteiger partial charge in [0.1, 0.15) is 12.4 Å². The molecule has 170 valence electrons. The van der Waals surface area contributed by atoms with E-state index in [-0.39, 0.29) is 24.0 Å². The summed E-state index contributed by atoms with van der Waals surface area (Å²) in [5.41, 5.74) is 2.80. The largest absolute Gasteiger partial charge is 0.377 e. The lowest BCUT2D eigenvalue weighted by molar-refractivity contribution is 0.177. The van der Waals surface area contributed by atoms with Gasteiger partial charge in [-0.3, -0.25) is 4.99 Å². The molecule has 3 heterocycles. The molecule has 0 radical (unpaired) electrons. The molecular weight excluding hydrogens is 505 g/mol. The minimum Gasteiger partial charge on any atom is -0.377 e. The van der Waals surface area contributed by atoms with Crippen molar-refractivity contribution < 1.29 is 4.74 Å². The van der Waals surface area contributed by atoms with E-state index in [2.05, 4.69) is 63.7 Å². The Kier molecular flexibility index (Phi) is 8.53. The van der Waals surface area contributed by atoms with Crippen LogP contribution in [0.4, 0.5) is 5.69 Å². The Morgan fingerprint density at radius 2 is 2.16 bits per heavy atom. The molecule has 4 rings (SSSR count). The molecule has 2 atom stereocenters. The van der Waals surface area contributed by atoms with Gasteiger partial charge in [0.2, 0.25) is 0 Å². The molecule has 0 aliphatic carbocycles. The quantitative estimate of drug-likeness (QED) is 0.320. The molecule has 0 fully saturated rings. The molecule has 0 bridgehead atoms. The van der Waals surface area contributed by atoms with E-state index in [0.717, 1.165) is 63.0 Å². The highest BCUT2D eigenvalue weighted by atomic mass is 127. The van der Waals surface area contributed by atoms with Gasteiger partial charge in [-0.1, -0.05) is 18.2 Å². The predicted molar refractivity (Wildman–Crippen MR) is 134 cm³/mol. The monoisotopic (exact) mass is 539 g/mol. The molecule has 8 nitrogen and oxygen atoms in total. The number of guanidine groups is 1. The molecule has 2 unspecified atom stereocenters. The highest BCUT2D eigenvalue weighted by Gasteiger charge is 2.25. The second-order valence-electron chi connectivity index (χ2n) is 8.08. The number of benzene rings is 1. The van der Waals surface area contributed by atoms with Crippen LogP contribution in [0.1, 0.15) is 37.5 Å². The fourth-order valence-electron chi connectivity index (χ4n) is 4.42. The number of fused-ring (bicyclic) bond motifs is 2. The van der Waals surface area contributed by atoms with Gasteiger partial charge in [-0.15, -0.1) is 24.0 Å². The molecule has 0 amide bonds. The van der Waals surface area contributed by atoms with Crippen LogP contribution < -0.4 is 15.5 Å². The number of nitrogens with zero attached hydrogens (tertiary/aromatic N) is 5. The molecule has 2 aromatic rings. The van der Waals surface area contributed by atoms with Crippen molar-refractivity contribution in [1.29, 1.82) is 0 Å². The SMILES string of the molecule is CCNC(=NCCN1c2ccccc2CC1C)NC1CCc2nc(COC)nn2C1.I. The first-order valence-electron chi connectivity index (χ1n) is 11.0. The van der Waals surface area contributed by atoms with Gasteiger partial charge in [-0.05, 0) is 38.3 Å². The van der Waals surface area contributed by atoms with Gasteiger partial charge in [0, 0.05) is 44.4 Å². The maximum Gasteiger partial charge on any atom is 0.191 e. The number of methoxy groups -OCH3 is 1. The molecule has 31 heavy (non-hydrogen) atoms. The molecule has 2 aliphatic rings. The Balaban J connectivity index is 0.00000272. The third kappa shape index (κ3) is 5.68. The first-order chi connectivity index (χ1) is 14.7. The highest BCUT2D eigenvalue weighted by Crippen LogP contribution is 2.31. The zero-order chi connectivity index (χ0) is 20.9. The normalized spacial score (nSPS) is 20.1. The van der Waals surface area contributed by atoms with Crippen molar-refractivity contribution in [3.05, 3.63) is 41.5 Å². The number of aromatic nitrogens is 3. The van der Waals surface area contributed by atoms with E-state index in [1.807, 2.05) is 4.68 Å². The Hall–Kier alpha value is -1.88. The predicted octanol–water partition coefficient (Wildman–Crippen LogP) is 2.36. The molecule has 2 aliphatic heterocycles. The maximum absolute atomic E-state index is 5.16. The van der Waals surface area contributed by atoms with Crippen LogP contribution >= 0.6 is 24.0 Å². The molecule has 2 N–H and O–H groups in total. The number of rotatable bonds is 7. The van der Waals surface area contributed by atoms with Crippen molar-refractivity contribution in [3.8, 4) is 0 Å². The maximum atomic E-state index is 5.16. The van der Waals surface area contributed by atoms with Crippen molar-refractivity contribution in [3.63, 3.8) is 0 Å². The molecule has 0 spiro atoms. The molecule has 0 saturated carbocycles. The summed E-state index contributed by atoms with van der Waals surface area (Å²) in [6.07, 6.45) is 3.05. The number of ether oxygens (including phenoxy) is 1. The molecule has 9 heteroatoms. The van der Waals surface area contributed by atoms with Crippen LogP contribution in [0.5, 0.6) is 0 Å². The van der Waals surface area contributed by atoms with E-state index in [1.54, 1.807) is 7.11 Å². The van der Waals surface area contributed by atoms with Gasteiger partial charge in [0.25, 0.3) is 0 Å². The van der Waals surface area contributed by atoms with Crippen molar-refractivity contribution in [1.82, 2.24) is 25.4 Å². The fourth-order valence-corrected chi connectivity index (χ4v) is 4.42. The van der Waals surface area contributed by atoms with E-state index in [1.165, 1.54) is 11.3 Å². The zero-order valence-corrected chi connectivity index (χ0v) is 21.0. The summed E-state index contributed by atoms with van der Waals surface area (Å²) in [7, 11) is 1.67. The van der Waals surface area contributed by atoms with E-state index >= 15 is 0 Å². The average molecular weight is 539 g/mol. The van der Waals surface area contributed by atoms with Gasteiger partial charge in [-0.25, -0.2) is 9.67 Å². The van der Waals surface area contributed by atoms with Gasteiger partial charge < -0.3 is 20.3 Å². The number of hydrogen-bond donors (Lipinski definition) is 2. The Labute approximate surface area is 201 Å². The summed E-state index contributed by atoms with van der Waals surface area (Å²) >= 11 is 0. The summed E-state index contributed by atoms with van der Waals surface area (Å²) in [4.78, 5) is 11.9. The average Bonchev–Trinajstić information content (AvgIpc) is 3.28. The smallest absolute Gasteiger partial charge is 0.191 e. The van der Waals surface area contributed by atoms with Gasteiger partial charge in [0.05, 0.1) is 13.1 Å². The number of para-hydroxylation sites is 1. The summed E-state index contributed by atoms with van der Waals surface area (Å²) in [6.45, 7) is 8.17. The van der Waals surface area contributed by atoms with E-state index in [0.29, 0.717) is 18.7 Å². The first kappa shape index (κ1) is 23.8. The van der Waals surface area contributed by atoms with Gasteiger partial charge in [-0.2, -0.15) is 5.10 Å². The minimum absolute atomic E-state index is 0. The standard InChI is InChI=1S/C22H33N7O.HI/c1-4-23-22(24-11-12-28-16(2)13-17-7-5-6-8-19(17)28)25-18-9-10-21-26-20(15-30-3)27-29(21)14-18;/h5-8,16,18H,4,9-15H2,1-3H3,(H2,23,24,25);1H. The topological polar surface area (TPSA) is 79.6 Å². The van der Waals surface area contributed by atoms with Crippen molar-refractivity contribution in [2.75, 3.05) is 31.6 Å². The molecule has 1 aromatic carbocycles. The van der Waals surface area contributed by atoms with Gasteiger partial charge >= 0.3 is 0 Å².